The fourth-order valence-corrected chi connectivity index (χ4v) is 4.24. The Morgan fingerprint density at radius 2 is 1.29 bits per heavy atom. The average Bonchev–Trinajstić information content (AvgIpc) is 3.20. The monoisotopic (exact) mass is 398 g/mol. The minimum absolute atomic E-state index is 0.338. The first-order valence-electron chi connectivity index (χ1n) is 12.1. The highest BCUT2D eigenvalue weighted by atomic mass is 16.5. The van der Waals surface area contributed by atoms with E-state index in [-0.39, 0.29) is 0 Å². The van der Waals surface area contributed by atoms with Gasteiger partial charge in [0.25, 0.3) is 0 Å². The lowest BCUT2D eigenvalue weighted by Gasteiger charge is -2.40. The molecule has 0 saturated heterocycles. The van der Waals surface area contributed by atoms with Crippen molar-refractivity contribution in [1.29, 1.82) is 0 Å². The SMILES string of the molecule is CCCCCCCCCCCCCCCCC[N+](C)(CC(O)O)N1C=NCC1. The van der Waals surface area contributed by atoms with Gasteiger partial charge in [-0.2, -0.15) is 0 Å². The zero-order chi connectivity index (χ0) is 20.5. The molecule has 28 heavy (non-hydrogen) atoms. The van der Waals surface area contributed by atoms with Gasteiger partial charge < -0.3 is 10.2 Å². The summed E-state index contributed by atoms with van der Waals surface area (Å²) in [4.78, 5) is 4.28. The normalized spacial score (nSPS) is 16.2. The Kier molecular flexibility index (Phi) is 14.7. The summed E-state index contributed by atoms with van der Waals surface area (Å²) in [6, 6.07) is 0. The molecule has 1 unspecified atom stereocenters. The Bertz CT molecular complexity index is 390. The van der Waals surface area contributed by atoms with E-state index in [9.17, 15) is 10.2 Å². The number of aliphatic imine (C=N–C) groups is 1. The Labute approximate surface area is 174 Å². The van der Waals surface area contributed by atoms with Crippen LogP contribution in [0.15, 0.2) is 4.99 Å². The molecule has 0 fully saturated rings. The van der Waals surface area contributed by atoms with Crippen molar-refractivity contribution in [1.82, 2.24) is 5.01 Å². The highest BCUT2D eigenvalue weighted by molar-refractivity contribution is 5.55. The van der Waals surface area contributed by atoms with E-state index in [2.05, 4.69) is 24.0 Å². The fourth-order valence-electron chi connectivity index (χ4n) is 4.24. The maximum Gasteiger partial charge on any atom is 0.204 e. The molecular weight excluding hydrogens is 350 g/mol. The fraction of sp³-hybridized carbons (Fsp3) is 0.957. The molecule has 0 spiro atoms. The van der Waals surface area contributed by atoms with Gasteiger partial charge in [0.1, 0.15) is 12.9 Å². The van der Waals surface area contributed by atoms with Gasteiger partial charge in [0.05, 0.1) is 20.1 Å². The van der Waals surface area contributed by atoms with E-state index in [4.69, 9.17) is 0 Å². The predicted octanol–water partition coefficient (Wildman–Crippen LogP) is 4.87. The molecule has 1 aliphatic rings. The molecule has 0 saturated carbocycles. The number of rotatable bonds is 19. The maximum atomic E-state index is 9.44. The van der Waals surface area contributed by atoms with Crippen LogP contribution in [0.1, 0.15) is 103 Å². The van der Waals surface area contributed by atoms with E-state index in [0.29, 0.717) is 11.1 Å². The third-order valence-electron chi connectivity index (χ3n) is 6.09. The number of aliphatic hydroxyl groups is 2. The van der Waals surface area contributed by atoms with Gasteiger partial charge in [0.2, 0.25) is 6.29 Å². The van der Waals surface area contributed by atoms with Gasteiger partial charge in [0, 0.05) is 0 Å². The van der Waals surface area contributed by atoms with E-state index in [1.54, 1.807) is 0 Å². The molecule has 0 amide bonds. The molecular formula is C23H48N3O2+. The molecule has 166 valence electrons. The summed E-state index contributed by atoms with van der Waals surface area (Å²) >= 11 is 0. The Hall–Kier alpha value is -0.650. The molecule has 0 aromatic carbocycles. The molecule has 1 atom stereocenters. The van der Waals surface area contributed by atoms with E-state index in [0.717, 1.165) is 26.1 Å². The molecule has 0 radical (unpaired) electrons. The molecule has 5 nitrogen and oxygen atoms in total. The summed E-state index contributed by atoms with van der Waals surface area (Å²) in [6.45, 7) is 5.26. The van der Waals surface area contributed by atoms with E-state index in [1.165, 1.54) is 89.9 Å². The van der Waals surface area contributed by atoms with Crippen molar-refractivity contribution in [3.8, 4) is 0 Å². The summed E-state index contributed by atoms with van der Waals surface area (Å²) in [5, 5.41) is 21.0. The molecule has 5 heteroatoms. The Balaban J connectivity index is 1.94. The first-order chi connectivity index (χ1) is 13.6. The zero-order valence-electron chi connectivity index (χ0n) is 18.8. The summed E-state index contributed by atoms with van der Waals surface area (Å²) in [5.74, 6) is 0. The topological polar surface area (TPSA) is 56.1 Å². The van der Waals surface area contributed by atoms with E-state index < -0.39 is 6.29 Å². The second-order valence-electron chi connectivity index (χ2n) is 8.86. The van der Waals surface area contributed by atoms with Crippen LogP contribution in [0.3, 0.4) is 0 Å². The summed E-state index contributed by atoms with van der Waals surface area (Å²) < 4.78 is 0.555. The summed E-state index contributed by atoms with van der Waals surface area (Å²) in [5.41, 5.74) is 0. The van der Waals surface area contributed by atoms with Crippen molar-refractivity contribution in [2.24, 2.45) is 4.99 Å². The molecule has 0 bridgehead atoms. The number of hydrogen-bond donors (Lipinski definition) is 2. The maximum absolute atomic E-state index is 9.44. The molecule has 2 N–H and O–H groups in total. The Morgan fingerprint density at radius 1 is 0.821 bits per heavy atom. The van der Waals surface area contributed by atoms with Crippen LogP contribution < -0.4 is 0 Å². The van der Waals surface area contributed by atoms with Crippen LogP contribution in [0.5, 0.6) is 0 Å². The molecule has 1 aliphatic heterocycles. The lowest BCUT2D eigenvalue weighted by molar-refractivity contribution is -1.01. The van der Waals surface area contributed by atoms with Crippen LogP contribution in [-0.2, 0) is 0 Å². The molecule has 0 aromatic heterocycles. The van der Waals surface area contributed by atoms with Crippen molar-refractivity contribution in [3.05, 3.63) is 0 Å². The van der Waals surface area contributed by atoms with Gasteiger partial charge in [-0.25, -0.2) is 9.60 Å². The molecule has 1 heterocycles. The van der Waals surface area contributed by atoms with Crippen LogP contribution in [0, 0.1) is 0 Å². The van der Waals surface area contributed by atoms with Crippen molar-refractivity contribution >= 4 is 6.34 Å². The number of likely N-dealkylation sites (N-methyl/N-ethyl adjacent to an activating group) is 1. The van der Waals surface area contributed by atoms with E-state index in [1.807, 2.05) is 6.34 Å². The second kappa shape index (κ2) is 16.2. The Morgan fingerprint density at radius 3 is 1.68 bits per heavy atom. The van der Waals surface area contributed by atoms with Crippen LogP contribution in [0.2, 0.25) is 0 Å². The van der Waals surface area contributed by atoms with E-state index >= 15 is 0 Å². The van der Waals surface area contributed by atoms with Crippen LogP contribution in [0.4, 0.5) is 0 Å². The van der Waals surface area contributed by atoms with Crippen LogP contribution >= 0.6 is 0 Å². The van der Waals surface area contributed by atoms with Gasteiger partial charge in [-0.3, -0.25) is 4.99 Å². The number of nitrogens with zero attached hydrogens (tertiary/aromatic N) is 3. The lowest BCUT2D eigenvalue weighted by atomic mass is 10.0. The molecule has 1 rings (SSSR count). The standard InChI is InChI=1S/C23H48N3O2/c1-3-4-5-6-7-8-9-10-11-12-13-14-15-16-17-20-26(2,21-23(27)28)25-19-18-24-22-25/h22-23,27-28H,3-21H2,1-2H3/q+1. The predicted molar refractivity (Wildman–Crippen MR) is 119 cm³/mol. The van der Waals surface area contributed by atoms with Gasteiger partial charge in [-0.05, 0) is 12.8 Å². The quantitative estimate of drug-likeness (QED) is 0.185. The average molecular weight is 399 g/mol. The lowest BCUT2D eigenvalue weighted by Crippen LogP contribution is -2.59. The zero-order valence-corrected chi connectivity index (χ0v) is 18.8. The van der Waals surface area contributed by atoms with Crippen molar-refractivity contribution in [3.63, 3.8) is 0 Å². The first-order valence-corrected chi connectivity index (χ1v) is 12.1. The van der Waals surface area contributed by atoms with Gasteiger partial charge in [-0.15, -0.1) is 0 Å². The number of aliphatic hydroxyl groups excluding tert-OH is 1. The minimum Gasteiger partial charge on any atom is -0.364 e. The molecule has 0 aromatic rings. The highest BCUT2D eigenvalue weighted by Gasteiger charge is 2.32. The number of hydrogen-bond acceptors (Lipinski definition) is 4. The largest absolute Gasteiger partial charge is 0.364 e. The van der Waals surface area contributed by atoms with Crippen molar-refractivity contribution < 1.29 is 14.8 Å². The van der Waals surface area contributed by atoms with Crippen LogP contribution in [0.25, 0.3) is 0 Å². The third-order valence-corrected chi connectivity index (χ3v) is 6.09. The second-order valence-corrected chi connectivity index (χ2v) is 8.86. The van der Waals surface area contributed by atoms with Crippen molar-refractivity contribution in [2.75, 3.05) is 33.2 Å². The molecule has 0 aliphatic carbocycles. The number of unbranched alkanes of at least 4 members (excludes halogenated alkanes) is 14. The first kappa shape index (κ1) is 25.4. The van der Waals surface area contributed by atoms with Gasteiger partial charge in [0.15, 0.2) is 6.54 Å². The smallest absolute Gasteiger partial charge is 0.204 e. The van der Waals surface area contributed by atoms with Crippen LogP contribution in [-0.4, -0.2) is 65.7 Å². The summed E-state index contributed by atoms with van der Waals surface area (Å²) in [7, 11) is 2.08. The van der Waals surface area contributed by atoms with Crippen molar-refractivity contribution in [2.45, 2.75) is 110 Å². The van der Waals surface area contributed by atoms with Gasteiger partial charge in [-0.1, -0.05) is 90.4 Å². The highest BCUT2D eigenvalue weighted by Crippen LogP contribution is 2.16. The minimum atomic E-state index is -1.27. The third kappa shape index (κ3) is 12.0. The number of quaternary nitrogens is 1. The summed E-state index contributed by atoms with van der Waals surface area (Å²) in [6.07, 6.45) is 21.1. The van der Waals surface area contributed by atoms with Gasteiger partial charge >= 0.3 is 0 Å².